The molecule has 20 heavy (non-hydrogen) atoms. The van der Waals surface area contributed by atoms with Crippen LogP contribution in [0.3, 0.4) is 0 Å². The number of aromatic carboxylic acids is 1. The molecule has 6 nitrogen and oxygen atoms in total. The fraction of sp³-hybridized carbons (Fsp3) is 0.0833. The Kier molecular flexibility index (Phi) is 4.07. The van der Waals surface area contributed by atoms with Crippen LogP contribution in [0, 0.1) is 0 Å². The van der Waals surface area contributed by atoms with E-state index in [9.17, 15) is 13.2 Å². The van der Waals surface area contributed by atoms with E-state index in [-0.39, 0.29) is 10.5 Å². The Balaban J connectivity index is 2.02. The van der Waals surface area contributed by atoms with Gasteiger partial charge in [-0.05, 0) is 30.3 Å². The first-order valence-corrected chi connectivity index (χ1v) is 7.96. The van der Waals surface area contributed by atoms with E-state index in [0.29, 0.717) is 6.54 Å². The van der Waals surface area contributed by atoms with Gasteiger partial charge in [-0.3, -0.25) is 0 Å². The van der Waals surface area contributed by atoms with Gasteiger partial charge < -0.3 is 10.4 Å². The number of thiophene rings is 1. The summed E-state index contributed by atoms with van der Waals surface area (Å²) >= 11 is 1.35. The van der Waals surface area contributed by atoms with Gasteiger partial charge >= 0.3 is 5.97 Å². The van der Waals surface area contributed by atoms with E-state index in [1.165, 1.54) is 23.5 Å². The maximum atomic E-state index is 11.1. The summed E-state index contributed by atoms with van der Waals surface area (Å²) in [7, 11) is -3.68. The summed E-state index contributed by atoms with van der Waals surface area (Å²) in [6.07, 6.45) is 0. The summed E-state index contributed by atoms with van der Waals surface area (Å²) in [6, 6.07) is 7.62. The second-order valence-corrected chi connectivity index (χ2v) is 6.59. The molecule has 106 valence electrons. The highest BCUT2D eigenvalue weighted by atomic mass is 32.2. The number of hydrogen-bond acceptors (Lipinski definition) is 5. The van der Waals surface area contributed by atoms with Crippen LogP contribution in [-0.2, 0) is 16.6 Å². The number of hydrogen-bond donors (Lipinski definition) is 3. The number of sulfonamides is 1. The molecule has 2 rings (SSSR count). The van der Waals surface area contributed by atoms with Crippen molar-refractivity contribution >= 4 is 33.0 Å². The zero-order valence-electron chi connectivity index (χ0n) is 10.2. The number of carbonyl (C=O) groups is 1. The first-order valence-electron chi connectivity index (χ1n) is 5.54. The van der Waals surface area contributed by atoms with Crippen LogP contribution in [0.5, 0.6) is 0 Å². The molecule has 0 bridgehead atoms. The van der Waals surface area contributed by atoms with Crippen LogP contribution in [0.1, 0.15) is 15.2 Å². The highest BCUT2D eigenvalue weighted by Gasteiger charge is 2.08. The van der Waals surface area contributed by atoms with Crippen molar-refractivity contribution < 1.29 is 18.3 Å². The summed E-state index contributed by atoms with van der Waals surface area (Å²) in [4.78, 5) is 11.7. The average Bonchev–Trinajstić information content (AvgIpc) is 2.85. The van der Waals surface area contributed by atoms with Crippen molar-refractivity contribution in [1.82, 2.24) is 0 Å². The number of benzene rings is 1. The van der Waals surface area contributed by atoms with Gasteiger partial charge in [-0.25, -0.2) is 18.4 Å². The molecule has 0 amide bonds. The predicted molar refractivity (Wildman–Crippen MR) is 76.4 cm³/mol. The van der Waals surface area contributed by atoms with Gasteiger partial charge in [0.1, 0.15) is 0 Å². The van der Waals surface area contributed by atoms with Crippen LogP contribution in [0.4, 0.5) is 5.69 Å². The molecule has 0 aliphatic carbocycles. The summed E-state index contributed by atoms with van der Waals surface area (Å²) in [5.41, 5.74) is 0.985. The molecule has 0 aliphatic rings. The van der Waals surface area contributed by atoms with E-state index < -0.39 is 16.0 Å². The van der Waals surface area contributed by atoms with Gasteiger partial charge in [0.2, 0.25) is 10.0 Å². The van der Waals surface area contributed by atoms with Crippen molar-refractivity contribution in [3.63, 3.8) is 0 Å². The lowest BCUT2D eigenvalue weighted by Gasteiger charge is -2.05. The minimum absolute atomic E-state index is 0.0485. The van der Waals surface area contributed by atoms with E-state index in [1.807, 2.05) is 0 Å². The summed E-state index contributed by atoms with van der Waals surface area (Å²) < 4.78 is 22.2. The van der Waals surface area contributed by atoms with Crippen LogP contribution < -0.4 is 10.5 Å². The molecule has 1 heterocycles. The maximum Gasteiger partial charge on any atom is 0.336 e. The zero-order valence-corrected chi connectivity index (χ0v) is 11.9. The molecule has 1 aromatic carbocycles. The highest BCUT2D eigenvalue weighted by Crippen LogP contribution is 2.18. The molecule has 0 fully saturated rings. The van der Waals surface area contributed by atoms with Gasteiger partial charge in [0.15, 0.2) is 0 Å². The topological polar surface area (TPSA) is 109 Å². The number of anilines is 1. The molecule has 0 unspecified atom stereocenters. The minimum Gasteiger partial charge on any atom is -0.478 e. The van der Waals surface area contributed by atoms with Crippen molar-refractivity contribution in [2.45, 2.75) is 11.4 Å². The Hall–Kier alpha value is -1.90. The lowest BCUT2D eigenvalue weighted by molar-refractivity contribution is 0.0697. The lowest BCUT2D eigenvalue weighted by Crippen LogP contribution is -2.11. The van der Waals surface area contributed by atoms with Gasteiger partial charge in [0.05, 0.1) is 10.5 Å². The first kappa shape index (κ1) is 14.5. The van der Waals surface area contributed by atoms with E-state index >= 15 is 0 Å². The summed E-state index contributed by atoms with van der Waals surface area (Å²) in [6.45, 7) is 0.465. The molecule has 0 saturated heterocycles. The van der Waals surface area contributed by atoms with Crippen LogP contribution in [0.25, 0.3) is 0 Å². The third kappa shape index (κ3) is 3.56. The van der Waals surface area contributed by atoms with E-state index in [0.717, 1.165) is 10.6 Å². The largest absolute Gasteiger partial charge is 0.478 e. The predicted octanol–water partition coefficient (Wildman–Crippen LogP) is 1.71. The third-order valence-corrected chi connectivity index (χ3v) is 4.42. The van der Waals surface area contributed by atoms with Gasteiger partial charge in [-0.15, -0.1) is 11.3 Å². The quantitative estimate of drug-likeness (QED) is 0.778. The second kappa shape index (κ2) is 5.61. The summed E-state index contributed by atoms with van der Waals surface area (Å²) in [5.74, 6) is -0.954. The van der Waals surface area contributed by atoms with Crippen molar-refractivity contribution in [3.8, 4) is 0 Å². The average molecular weight is 312 g/mol. The van der Waals surface area contributed by atoms with Crippen LogP contribution >= 0.6 is 11.3 Å². The molecule has 0 atom stereocenters. The number of carboxylic acids is 1. The van der Waals surface area contributed by atoms with Crippen LogP contribution in [0.15, 0.2) is 40.6 Å². The van der Waals surface area contributed by atoms with Gasteiger partial charge in [0.25, 0.3) is 0 Å². The number of primary sulfonamides is 1. The number of nitrogens with two attached hydrogens (primary N) is 1. The molecule has 0 spiro atoms. The second-order valence-electron chi connectivity index (χ2n) is 4.03. The van der Waals surface area contributed by atoms with Crippen LogP contribution in [0.2, 0.25) is 0 Å². The van der Waals surface area contributed by atoms with Crippen LogP contribution in [-0.4, -0.2) is 19.5 Å². The molecule has 0 aliphatic heterocycles. The zero-order chi connectivity index (χ0) is 14.8. The Morgan fingerprint density at radius 3 is 2.45 bits per heavy atom. The van der Waals surface area contributed by atoms with Crippen molar-refractivity contribution in [2.24, 2.45) is 5.14 Å². The fourth-order valence-electron chi connectivity index (χ4n) is 1.54. The number of rotatable bonds is 5. The molecule has 0 radical (unpaired) electrons. The standard InChI is InChI=1S/C12H12N2O4S2/c13-20(17,18)11-3-1-9(2-4-11)14-6-10-5-8(7-19-10)12(15)16/h1-5,7,14H,6H2,(H,15,16)(H2,13,17,18). The van der Waals surface area contributed by atoms with Crippen molar-refractivity contribution in [1.29, 1.82) is 0 Å². The molecule has 0 saturated carbocycles. The van der Waals surface area contributed by atoms with Gasteiger partial charge in [0, 0.05) is 22.5 Å². The van der Waals surface area contributed by atoms with E-state index in [2.05, 4.69) is 5.32 Å². The number of nitrogens with one attached hydrogen (secondary N) is 1. The Bertz CT molecular complexity index is 720. The lowest BCUT2D eigenvalue weighted by atomic mass is 10.3. The highest BCUT2D eigenvalue weighted by molar-refractivity contribution is 7.89. The smallest absolute Gasteiger partial charge is 0.336 e. The van der Waals surface area contributed by atoms with Gasteiger partial charge in [-0.1, -0.05) is 0 Å². The monoisotopic (exact) mass is 312 g/mol. The Labute approximate surface area is 119 Å². The fourth-order valence-corrected chi connectivity index (χ4v) is 2.85. The molecule has 2 aromatic rings. The number of carboxylic acid groups (broad SMARTS) is 1. The van der Waals surface area contributed by atoms with E-state index in [1.54, 1.807) is 23.6 Å². The van der Waals surface area contributed by atoms with Gasteiger partial charge in [-0.2, -0.15) is 0 Å². The molecular formula is C12H12N2O4S2. The molecule has 1 aromatic heterocycles. The van der Waals surface area contributed by atoms with E-state index in [4.69, 9.17) is 10.2 Å². The minimum atomic E-state index is -3.68. The Morgan fingerprint density at radius 2 is 1.95 bits per heavy atom. The first-order chi connectivity index (χ1) is 9.36. The van der Waals surface area contributed by atoms with Crippen molar-refractivity contribution in [3.05, 3.63) is 46.2 Å². The molecular weight excluding hydrogens is 300 g/mol. The SMILES string of the molecule is NS(=O)(=O)c1ccc(NCc2cc(C(=O)O)cs2)cc1. The molecule has 8 heteroatoms. The summed E-state index contributed by atoms with van der Waals surface area (Å²) in [5, 5.41) is 18.5. The third-order valence-electron chi connectivity index (χ3n) is 2.55. The maximum absolute atomic E-state index is 11.1. The normalized spacial score (nSPS) is 11.2. The molecule has 4 N–H and O–H groups in total. The Morgan fingerprint density at radius 1 is 1.30 bits per heavy atom. The van der Waals surface area contributed by atoms with Crippen molar-refractivity contribution in [2.75, 3.05) is 5.32 Å².